The van der Waals surface area contributed by atoms with Gasteiger partial charge in [0.2, 0.25) is 0 Å². The first-order valence-corrected chi connectivity index (χ1v) is 22.1. The van der Waals surface area contributed by atoms with E-state index in [0.29, 0.717) is 0 Å². The number of fused-ring (bicyclic) bond motifs is 9. The van der Waals surface area contributed by atoms with Crippen LogP contribution in [0.15, 0.2) is 140 Å². The van der Waals surface area contributed by atoms with Crippen molar-refractivity contribution in [2.45, 2.75) is 105 Å². The van der Waals surface area contributed by atoms with Crippen LogP contribution in [0.5, 0.6) is 0 Å². The molecule has 0 amide bonds. The molecule has 3 heterocycles. The lowest BCUT2D eigenvalue weighted by molar-refractivity contribution is 0.590. The lowest BCUT2D eigenvalue weighted by Gasteiger charge is -2.19. The topological polar surface area (TPSA) is 14.8 Å². The van der Waals surface area contributed by atoms with Gasteiger partial charge in [-0.25, -0.2) is 0 Å². The normalized spacial score (nSPS) is 13.2. The second kappa shape index (κ2) is 13.2. The van der Waals surface area contributed by atoms with E-state index in [1.165, 1.54) is 99.0 Å². The van der Waals surface area contributed by atoms with E-state index in [1.54, 1.807) is 0 Å². The van der Waals surface area contributed by atoms with Gasteiger partial charge in [0.05, 0.1) is 33.1 Å². The number of rotatable bonds is 3. The molecule has 0 aliphatic rings. The fraction of sp³-hybridized carbons (Fsp3) is 0.276. The molecule has 10 aromatic rings. The third-order valence-electron chi connectivity index (χ3n) is 13.3. The first kappa shape index (κ1) is 39.1. The molecule has 3 heteroatoms. The third-order valence-corrected chi connectivity index (χ3v) is 13.3. The number of para-hydroxylation sites is 1. The second-order valence-electron chi connectivity index (χ2n) is 21.7. The lowest BCUT2D eigenvalue weighted by Crippen LogP contribution is -2.10. The summed E-state index contributed by atoms with van der Waals surface area (Å²) in [5.74, 6) is 0. The number of nitrogens with zero attached hydrogens (tertiary/aromatic N) is 3. The smallest absolute Gasteiger partial charge is 0.0542 e. The van der Waals surface area contributed by atoms with Gasteiger partial charge in [0.1, 0.15) is 0 Å². The Morgan fingerprint density at radius 3 is 0.770 bits per heavy atom. The molecule has 3 aromatic heterocycles. The molecule has 306 valence electrons. The van der Waals surface area contributed by atoms with Crippen molar-refractivity contribution in [2.24, 2.45) is 0 Å². The maximum absolute atomic E-state index is 2.49. The molecule has 0 aliphatic carbocycles. The summed E-state index contributed by atoms with van der Waals surface area (Å²) < 4.78 is 7.42. The largest absolute Gasteiger partial charge is 0.309 e. The summed E-state index contributed by atoms with van der Waals surface area (Å²) in [5, 5.41) is 7.68. The first-order valence-electron chi connectivity index (χ1n) is 22.1. The van der Waals surface area contributed by atoms with Crippen molar-refractivity contribution in [1.29, 1.82) is 0 Å². The molecule has 0 atom stereocenters. The zero-order valence-electron chi connectivity index (χ0n) is 38.1. The van der Waals surface area contributed by atoms with Crippen LogP contribution in [0.2, 0.25) is 0 Å². The molecular formula is C58H59N3. The van der Waals surface area contributed by atoms with Gasteiger partial charge < -0.3 is 13.7 Å². The first-order chi connectivity index (χ1) is 28.8. The standard InChI is InChI=1S/C58H59N3/c1-55(2,3)36-18-24-49-43(30-36)44-31-37(56(4,5)6)19-25-50(44)60(49)41-22-28-53-47(34-41)48-35-42(23-29-54(48)59(53)40-16-14-13-15-17-40)61-51-26-20-38(57(7,8)9)32-45(51)46-33-39(58(10,11)12)21-27-52(46)61/h13-35H,1-12H3. The number of benzene rings is 7. The van der Waals surface area contributed by atoms with E-state index in [1.807, 2.05) is 0 Å². The van der Waals surface area contributed by atoms with Gasteiger partial charge >= 0.3 is 0 Å². The SMILES string of the molecule is CC(C)(C)c1ccc2c(c1)c1cc(C(C)(C)C)ccc1n2-c1ccc2c(c1)c1cc(-n3c4ccc(C(C)(C)C)cc4c4cc(C(C)(C)C)ccc43)ccc1n2-c1ccccc1. The molecule has 0 aliphatic heterocycles. The van der Waals surface area contributed by atoms with Crippen molar-refractivity contribution >= 4 is 65.4 Å². The van der Waals surface area contributed by atoms with Crippen LogP contribution < -0.4 is 0 Å². The minimum Gasteiger partial charge on any atom is -0.309 e. The number of hydrogen-bond acceptors (Lipinski definition) is 0. The molecular weight excluding hydrogens is 739 g/mol. The average Bonchev–Trinajstić information content (AvgIpc) is 3.83. The Hall–Kier alpha value is -6.06. The molecule has 0 bridgehead atoms. The van der Waals surface area contributed by atoms with E-state index in [0.717, 1.165) is 5.69 Å². The number of aromatic nitrogens is 3. The molecule has 0 spiro atoms. The fourth-order valence-electron chi connectivity index (χ4n) is 9.60. The van der Waals surface area contributed by atoms with Gasteiger partial charge in [-0.1, -0.05) is 126 Å². The summed E-state index contributed by atoms with van der Waals surface area (Å²) in [4.78, 5) is 0. The molecule has 0 N–H and O–H groups in total. The highest BCUT2D eigenvalue weighted by Gasteiger charge is 2.24. The van der Waals surface area contributed by atoms with Crippen molar-refractivity contribution in [3.05, 3.63) is 162 Å². The fourth-order valence-corrected chi connectivity index (χ4v) is 9.60. The predicted molar refractivity (Wildman–Crippen MR) is 264 cm³/mol. The maximum Gasteiger partial charge on any atom is 0.0542 e. The van der Waals surface area contributed by atoms with Crippen molar-refractivity contribution in [1.82, 2.24) is 13.7 Å². The van der Waals surface area contributed by atoms with E-state index < -0.39 is 0 Å². The Kier molecular flexibility index (Phi) is 8.47. The monoisotopic (exact) mass is 797 g/mol. The maximum atomic E-state index is 2.49. The highest BCUT2D eigenvalue weighted by Crippen LogP contribution is 2.42. The molecule has 0 radical (unpaired) electrons. The van der Waals surface area contributed by atoms with Gasteiger partial charge in [0.25, 0.3) is 0 Å². The van der Waals surface area contributed by atoms with E-state index in [9.17, 15) is 0 Å². The predicted octanol–water partition coefficient (Wildman–Crippen LogP) is 16.2. The lowest BCUT2D eigenvalue weighted by atomic mass is 9.85. The van der Waals surface area contributed by atoms with Crippen LogP contribution in [0.4, 0.5) is 0 Å². The van der Waals surface area contributed by atoms with Crippen LogP contribution in [-0.4, -0.2) is 13.7 Å². The Bertz CT molecular complexity index is 3020. The molecule has 0 unspecified atom stereocenters. The molecule has 0 saturated carbocycles. The minimum atomic E-state index is 0.0419. The van der Waals surface area contributed by atoms with E-state index in [2.05, 4.69) is 236 Å². The van der Waals surface area contributed by atoms with E-state index in [4.69, 9.17) is 0 Å². The molecule has 10 rings (SSSR count). The average molecular weight is 798 g/mol. The summed E-state index contributed by atoms with van der Waals surface area (Å²) in [6.07, 6.45) is 0. The molecule has 0 fully saturated rings. The van der Waals surface area contributed by atoms with Gasteiger partial charge in [-0.15, -0.1) is 0 Å². The summed E-state index contributed by atoms with van der Waals surface area (Å²) in [6, 6.07) is 53.5. The van der Waals surface area contributed by atoms with E-state index >= 15 is 0 Å². The van der Waals surface area contributed by atoms with Crippen LogP contribution in [0.3, 0.4) is 0 Å². The Labute approximate surface area is 361 Å². The van der Waals surface area contributed by atoms with Gasteiger partial charge in [-0.2, -0.15) is 0 Å². The van der Waals surface area contributed by atoms with Crippen LogP contribution >= 0.6 is 0 Å². The van der Waals surface area contributed by atoms with Gasteiger partial charge in [-0.3, -0.25) is 0 Å². The number of hydrogen-bond donors (Lipinski definition) is 0. The Morgan fingerprint density at radius 1 is 0.246 bits per heavy atom. The van der Waals surface area contributed by atoms with Gasteiger partial charge in [0, 0.05) is 49.4 Å². The summed E-state index contributed by atoms with van der Waals surface area (Å²) in [7, 11) is 0. The molecule has 0 saturated heterocycles. The minimum absolute atomic E-state index is 0.0419. The van der Waals surface area contributed by atoms with Crippen molar-refractivity contribution in [3.8, 4) is 17.1 Å². The van der Waals surface area contributed by atoms with Crippen molar-refractivity contribution in [2.75, 3.05) is 0 Å². The summed E-state index contributed by atoms with van der Waals surface area (Å²) in [6.45, 7) is 27.7. The highest BCUT2D eigenvalue weighted by atomic mass is 15.0. The zero-order valence-corrected chi connectivity index (χ0v) is 38.1. The van der Waals surface area contributed by atoms with Crippen LogP contribution in [0.1, 0.15) is 105 Å². The highest BCUT2D eigenvalue weighted by molar-refractivity contribution is 6.14. The second-order valence-corrected chi connectivity index (χ2v) is 21.7. The Morgan fingerprint density at radius 2 is 0.492 bits per heavy atom. The van der Waals surface area contributed by atoms with Crippen LogP contribution in [0.25, 0.3) is 82.5 Å². The molecule has 61 heavy (non-hydrogen) atoms. The third kappa shape index (κ3) is 6.30. The Balaban J connectivity index is 1.26. The van der Waals surface area contributed by atoms with Gasteiger partial charge in [0.15, 0.2) is 0 Å². The molecule has 3 nitrogen and oxygen atoms in total. The van der Waals surface area contributed by atoms with Crippen LogP contribution in [-0.2, 0) is 21.7 Å². The summed E-state index contributed by atoms with van der Waals surface area (Å²) >= 11 is 0. The zero-order chi connectivity index (χ0) is 43.0. The summed E-state index contributed by atoms with van der Waals surface area (Å²) in [5.41, 5.74) is 16.4. The van der Waals surface area contributed by atoms with Gasteiger partial charge in [-0.05, 0) is 141 Å². The van der Waals surface area contributed by atoms with Crippen molar-refractivity contribution in [3.63, 3.8) is 0 Å². The molecule has 7 aromatic carbocycles. The quantitative estimate of drug-likeness (QED) is 0.169. The van der Waals surface area contributed by atoms with Crippen molar-refractivity contribution < 1.29 is 0 Å². The van der Waals surface area contributed by atoms with Crippen LogP contribution in [0, 0.1) is 0 Å². The van der Waals surface area contributed by atoms with E-state index in [-0.39, 0.29) is 21.7 Å².